The van der Waals surface area contributed by atoms with E-state index in [0.717, 1.165) is 11.3 Å². The van der Waals surface area contributed by atoms with Crippen LogP contribution < -0.4 is 4.74 Å². The number of amides is 1. The third-order valence-corrected chi connectivity index (χ3v) is 5.94. The van der Waals surface area contributed by atoms with Gasteiger partial charge in [0.1, 0.15) is 23.0 Å². The average Bonchev–Trinajstić information content (AvgIpc) is 3.14. The molecule has 0 saturated carbocycles. The van der Waals surface area contributed by atoms with Gasteiger partial charge in [-0.15, -0.1) is 11.3 Å². The normalized spacial score (nSPS) is 16.6. The number of benzene rings is 1. The van der Waals surface area contributed by atoms with E-state index in [1.54, 1.807) is 47.6 Å². The molecule has 1 aromatic carbocycles. The van der Waals surface area contributed by atoms with Crippen LogP contribution in [-0.4, -0.2) is 41.8 Å². The van der Waals surface area contributed by atoms with Crippen molar-refractivity contribution in [3.63, 3.8) is 0 Å². The highest BCUT2D eigenvalue weighted by molar-refractivity contribution is 7.10. The molecule has 0 N–H and O–H groups in total. The lowest BCUT2D eigenvalue weighted by Gasteiger charge is -2.44. The van der Waals surface area contributed by atoms with Gasteiger partial charge >= 0.3 is 12.1 Å². The maximum Gasteiger partial charge on any atom is 0.410 e. The molecule has 1 atom stereocenters. The van der Waals surface area contributed by atoms with E-state index < -0.39 is 29.3 Å². The van der Waals surface area contributed by atoms with E-state index in [-0.39, 0.29) is 0 Å². The first-order valence-corrected chi connectivity index (χ1v) is 10.8. The van der Waals surface area contributed by atoms with Gasteiger partial charge in [-0.25, -0.2) is 9.59 Å². The second-order valence-electron chi connectivity index (χ2n) is 8.86. The summed E-state index contributed by atoms with van der Waals surface area (Å²) in [5, 5.41) is 2.01. The van der Waals surface area contributed by atoms with Gasteiger partial charge < -0.3 is 14.2 Å². The number of carbonyl (C=O) groups excluding carboxylic acids is 2. The molecule has 30 heavy (non-hydrogen) atoms. The van der Waals surface area contributed by atoms with Crippen molar-refractivity contribution >= 4 is 23.4 Å². The summed E-state index contributed by atoms with van der Waals surface area (Å²) in [5.41, 5.74) is 0.0307. The molecule has 1 aromatic heterocycles. The molecule has 2 heterocycles. The molecular weight excluding hydrogens is 402 g/mol. The molecule has 6 nitrogen and oxygen atoms in total. The standard InChI is InChI=1S/C23H29NO5S/c1-22(2,3)29-21(26)24-13-11-15-12-14-30-18(15)19(24)23(4,5)28-20(25)16-7-9-17(27-6)10-8-16/h7-10,12,14,19H,11,13H2,1-6H3. The topological polar surface area (TPSA) is 65.1 Å². The lowest BCUT2D eigenvalue weighted by atomic mass is 9.89. The SMILES string of the molecule is COc1ccc(C(=O)OC(C)(C)C2c3sccc3CCN2C(=O)OC(C)(C)C)cc1. The molecule has 0 saturated heterocycles. The van der Waals surface area contributed by atoms with Crippen molar-refractivity contribution in [2.45, 2.75) is 58.3 Å². The zero-order valence-electron chi connectivity index (χ0n) is 18.4. The second kappa shape index (κ2) is 8.30. The van der Waals surface area contributed by atoms with E-state index in [4.69, 9.17) is 14.2 Å². The van der Waals surface area contributed by atoms with E-state index in [1.807, 2.05) is 40.0 Å². The Kier molecular flexibility index (Phi) is 6.13. The van der Waals surface area contributed by atoms with Crippen LogP contribution in [0.2, 0.25) is 0 Å². The molecule has 0 aliphatic carbocycles. The molecule has 0 fully saturated rings. The van der Waals surface area contributed by atoms with Gasteiger partial charge in [0.25, 0.3) is 0 Å². The van der Waals surface area contributed by atoms with Gasteiger partial charge in [-0.1, -0.05) is 0 Å². The fraction of sp³-hybridized carbons (Fsp3) is 0.478. The largest absolute Gasteiger partial charge is 0.497 e. The Morgan fingerprint density at radius 1 is 1.03 bits per heavy atom. The van der Waals surface area contributed by atoms with Crippen molar-refractivity contribution in [1.29, 1.82) is 0 Å². The predicted molar refractivity (Wildman–Crippen MR) is 116 cm³/mol. The van der Waals surface area contributed by atoms with Crippen molar-refractivity contribution in [2.75, 3.05) is 13.7 Å². The molecule has 7 heteroatoms. The lowest BCUT2D eigenvalue weighted by molar-refractivity contribution is -0.0588. The minimum absolute atomic E-state index is 0.403. The van der Waals surface area contributed by atoms with Gasteiger partial charge in [-0.2, -0.15) is 0 Å². The quantitative estimate of drug-likeness (QED) is 0.621. The van der Waals surface area contributed by atoms with Crippen molar-refractivity contribution in [3.8, 4) is 5.75 Å². The molecule has 1 aliphatic heterocycles. The minimum atomic E-state index is -0.964. The Bertz CT molecular complexity index is 910. The van der Waals surface area contributed by atoms with Crippen LogP contribution in [0.15, 0.2) is 35.7 Å². The smallest absolute Gasteiger partial charge is 0.410 e. The van der Waals surface area contributed by atoms with Gasteiger partial charge in [0, 0.05) is 11.4 Å². The van der Waals surface area contributed by atoms with Crippen LogP contribution >= 0.6 is 11.3 Å². The Labute approximate surface area is 181 Å². The number of fused-ring (bicyclic) bond motifs is 1. The predicted octanol–water partition coefficient (Wildman–Crippen LogP) is 5.23. The highest BCUT2D eigenvalue weighted by Crippen LogP contribution is 2.43. The van der Waals surface area contributed by atoms with Crippen LogP contribution in [0, 0.1) is 0 Å². The highest BCUT2D eigenvalue weighted by Gasteiger charge is 2.46. The van der Waals surface area contributed by atoms with Crippen molar-refractivity contribution in [1.82, 2.24) is 4.90 Å². The van der Waals surface area contributed by atoms with Crippen LogP contribution in [0.3, 0.4) is 0 Å². The number of carbonyl (C=O) groups is 2. The van der Waals surface area contributed by atoms with Crippen LogP contribution in [-0.2, 0) is 15.9 Å². The summed E-state index contributed by atoms with van der Waals surface area (Å²) < 4.78 is 16.7. The van der Waals surface area contributed by atoms with Crippen molar-refractivity contribution in [3.05, 3.63) is 51.7 Å². The summed E-state index contributed by atoms with van der Waals surface area (Å²) in [6.07, 6.45) is 0.344. The zero-order valence-corrected chi connectivity index (χ0v) is 19.2. The monoisotopic (exact) mass is 431 g/mol. The van der Waals surface area contributed by atoms with Crippen molar-refractivity contribution in [2.24, 2.45) is 0 Å². The number of hydrogen-bond acceptors (Lipinski definition) is 6. The average molecular weight is 432 g/mol. The second-order valence-corrected chi connectivity index (χ2v) is 9.81. The van der Waals surface area contributed by atoms with Gasteiger partial charge in [-0.05, 0) is 82.3 Å². The number of hydrogen-bond donors (Lipinski definition) is 0. The van der Waals surface area contributed by atoms with Gasteiger partial charge in [0.15, 0.2) is 0 Å². The highest BCUT2D eigenvalue weighted by atomic mass is 32.1. The number of ether oxygens (including phenoxy) is 3. The zero-order chi connectivity index (χ0) is 22.1. The minimum Gasteiger partial charge on any atom is -0.497 e. The number of methoxy groups -OCH3 is 1. The molecule has 0 radical (unpaired) electrons. The summed E-state index contributed by atoms with van der Waals surface area (Å²) in [5.74, 6) is 0.216. The number of thiophene rings is 1. The first-order chi connectivity index (χ1) is 14.0. The Hall–Kier alpha value is -2.54. The van der Waals surface area contributed by atoms with Gasteiger partial charge in [-0.3, -0.25) is 4.90 Å². The maximum absolute atomic E-state index is 13.0. The van der Waals surface area contributed by atoms with Crippen molar-refractivity contribution < 1.29 is 23.8 Å². The molecular formula is C23H29NO5S. The summed E-state index contributed by atoms with van der Waals surface area (Å²) in [7, 11) is 1.57. The number of rotatable bonds is 4. The van der Waals surface area contributed by atoms with E-state index in [9.17, 15) is 9.59 Å². The number of esters is 1. The van der Waals surface area contributed by atoms with E-state index in [0.29, 0.717) is 17.9 Å². The summed E-state index contributed by atoms with van der Waals surface area (Å²) in [6.45, 7) is 9.71. The fourth-order valence-electron chi connectivity index (χ4n) is 3.59. The molecule has 1 amide bonds. The lowest BCUT2D eigenvalue weighted by Crippen LogP contribution is -2.51. The van der Waals surface area contributed by atoms with Gasteiger partial charge in [0.05, 0.1) is 12.7 Å². The van der Waals surface area contributed by atoms with Crippen LogP contribution in [0.4, 0.5) is 4.79 Å². The first kappa shape index (κ1) is 22.2. The van der Waals surface area contributed by atoms with Gasteiger partial charge in [0.2, 0.25) is 0 Å². The first-order valence-electron chi connectivity index (χ1n) is 9.95. The molecule has 1 unspecified atom stereocenters. The maximum atomic E-state index is 13.0. The Morgan fingerprint density at radius 3 is 2.30 bits per heavy atom. The Morgan fingerprint density at radius 2 is 1.70 bits per heavy atom. The van der Waals surface area contributed by atoms with Crippen LogP contribution in [0.25, 0.3) is 0 Å². The molecule has 0 spiro atoms. The fourth-order valence-corrected chi connectivity index (χ4v) is 4.83. The molecule has 2 aromatic rings. The third-order valence-electron chi connectivity index (χ3n) is 4.93. The van der Waals surface area contributed by atoms with E-state index >= 15 is 0 Å². The van der Waals surface area contributed by atoms with Crippen LogP contribution in [0.5, 0.6) is 5.75 Å². The molecule has 1 aliphatic rings. The third kappa shape index (κ3) is 4.78. The number of nitrogens with zero attached hydrogens (tertiary/aromatic N) is 1. The molecule has 0 bridgehead atoms. The van der Waals surface area contributed by atoms with Crippen LogP contribution in [0.1, 0.15) is 61.5 Å². The Balaban J connectivity index is 1.89. The summed E-state index contributed by atoms with van der Waals surface area (Å²) >= 11 is 1.57. The van der Waals surface area contributed by atoms with E-state index in [1.165, 1.54) is 5.56 Å². The summed E-state index contributed by atoms with van der Waals surface area (Å²) in [4.78, 5) is 28.6. The molecule has 162 valence electrons. The summed E-state index contributed by atoms with van der Waals surface area (Å²) in [6, 6.07) is 8.41. The van der Waals surface area contributed by atoms with E-state index in [2.05, 4.69) is 6.07 Å². The molecule has 3 rings (SSSR count).